The van der Waals surface area contributed by atoms with E-state index in [9.17, 15) is 18.5 Å². The van der Waals surface area contributed by atoms with E-state index in [1.807, 2.05) is 0 Å². The fourth-order valence-corrected chi connectivity index (χ4v) is 4.18. The first-order chi connectivity index (χ1) is 14.3. The highest BCUT2D eigenvalue weighted by molar-refractivity contribution is 7.90. The summed E-state index contributed by atoms with van der Waals surface area (Å²) < 4.78 is 32.5. The van der Waals surface area contributed by atoms with Gasteiger partial charge in [-0.05, 0) is 30.3 Å². The average molecular weight is 429 g/mol. The number of nitro benzene ring substituents is 1. The van der Waals surface area contributed by atoms with E-state index in [-0.39, 0.29) is 27.0 Å². The van der Waals surface area contributed by atoms with Crippen molar-refractivity contribution in [2.24, 2.45) is 10.2 Å². The predicted octanol–water partition coefficient (Wildman–Crippen LogP) is 2.72. The van der Waals surface area contributed by atoms with Crippen LogP contribution in [0.25, 0.3) is 10.9 Å². The summed E-state index contributed by atoms with van der Waals surface area (Å²) in [4.78, 5) is 12.7. The molecule has 0 amide bonds. The standard InChI is InChI=1S/C19H19N5O5S/c1-22(2)13-21-20-11-14-12-23(17-5-4-6-18(19(14)17)24(25)26)30(27,28)16-9-7-15(29-3)8-10-16/h4-13H,1-3H3/b20-11?,21-13+. The highest BCUT2D eigenvalue weighted by Crippen LogP contribution is 2.32. The zero-order chi connectivity index (χ0) is 21.9. The van der Waals surface area contributed by atoms with Crippen LogP contribution in [0.2, 0.25) is 0 Å². The first-order valence-corrected chi connectivity index (χ1v) is 10.1. The van der Waals surface area contributed by atoms with Gasteiger partial charge in [0.05, 0.1) is 34.0 Å². The molecule has 0 saturated heterocycles. The van der Waals surface area contributed by atoms with E-state index in [1.165, 1.54) is 68.3 Å². The minimum atomic E-state index is -4.03. The minimum Gasteiger partial charge on any atom is -0.497 e. The van der Waals surface area contributed by atoms with Crippen molar-refractivity contribution in [3.8, 4) is 5.75 Å². The summed E-state index contributed by atoms with van der Waals surface area (Å²) in [6.07, 6.45) is 4.03. The van der Waals surface area contributed by atoms with Crippen LogP contribution in [0, 0.1) is 10.1 Å². The van der Waals surface area contributed by atoms with Crippen LogP contribution in [-0.4, -0.2) is 56.0 Å². The molecule has 0 radical (unpaired) electrons. The van der Waals surface area contributed by atoms with Crippen LogP contribution in [-0.2, 0) is 10.0 Å². The molecule has 0 unspecified atom stereocenters. The number of nitro groups is 1. The van der Waals surface area contributed by atoms with Gasteiger partial charge in [-0.3, -0.25) is 10.1 Å². The van der Waals surface area contributed by atoms with Gasteiger partial charge in [0.25, 0.3) is 15.7 Å². The Morgan fingerprint density at radius 1 is 1.13 bits per heavy atom. The van der Waals surface area contributed by atoms with Gasteiger partial charge < -0.3 is 9.64 Å². The van der Waals surface area contributed by atoms with E-state index in [0.29, 0.717) is 5.75 Å². The molecule has 0 atom stereocenters. The van der Waals surface area contributed by atoms with E-state index < -0.39 is 14.9 Å². The summed E-state index contributed by atoms with van der Waals surface area (Å²) >= 11 is 0. The Morgan fingerprint density at radius 3 is 2.43 bits per heavy atom. The summed E-state index contributed by atoms with van der Waals surface area (Å²) in [6.45, 7) is 0. The largest absolute Gasteiger partial charge is 0.497 e. The van der Waals surface area contributed by atoms with E-state index >= 15 is 0 Å². The number of non-ortho nitro benzene ring substituents is 1. The summed E-state index contributed by atoms with van der Waals surface area (Å²) in [6, 6.07) is 10.1. The molecular weight excluding hydrogens is 410 g/mol. The number of hydrogen-bond donors (Lipinski definition) is 0. The molecule has 2 aromatic carbocycles. The van der Waals surface area contributed by atoms with Crippen molar-refractivity contribution in [1.29, 1.82) is 0 Å². The zero-order valence-electron chi connectivity index (χ0n) is 16.5. The summed E-state index contributed by atoms with van der Waals surface area (Å²) in [7, 11) is 0.975. The van der Waals surface area contributed by atoms with Gasteiger partial charge in [-0.15, -0.1) is 5.10 Å². The van der Waals surface area contributed by atoms with Crippen LogP contribution < -0.4 is 4.74 Å². The van der Waals surface area contributed by atoms with Gasteiger partial charge in [0.1, 0.15) is 12.1 Å². The van der Waals surface area contributed by atoms with Crippen molar-refractivity contribution >= 4 is 39.2 Å². The molecule has 10 nitrogen and oxygen atoms in total. The minimum absolute atomic E-state index is 0.0147. The van der Waals surface area contributed by atoms with Crippen LogP contribution >= 0.6 is 0 Å². The van der Waals surface area contributed by atoms with Gasteiger partial charge in [-0.25, -0.2) is 12.4 Å². The molecule has 0 fully saturated rings. The monoisotopic (exact) mass is 429 g/mol. The number of nitrogens with zero attached hydrogens (tertiary/aromatic N) is 5. The second-order valence-corrected chi connectivity index (χ2v) is 8.24. The molecule has 0 N–H and O–H groups in total. The maximum absolute atomic E-state index is 13.2. The van der Waals surface area contributed by atoms with Crippen LogP contribution in [0.15, 0.2) is 63.8 Å². The average Bonchev–Trinajstić information content (AvgIpc) is 3.10. The summed E-state index contributed by atoms with van der Waals surface area (Å²) in [5, 5.41) is 19.4. The molecule has 3 aromatic rings. The van der Waals surface area contributed by atoms with Gasteiger partial charge in [-0.2, -0.15) is 5.10 Å². The second kappa shape index (κ2) is 8.33. The number of methoxy groups -OCH3 is 1. The van der Waals surface area contributed by atoms with Crippen molar-refractivity contribution in [2.45, 2.75) is 4.90 Å². The Hall–Kier alpha value is -3.73. The molecule has 0 spiro atoms. The molecule has 0 aliphatic rings. The van der Waals surface area contributed by atoms with Crippen LogP contribution in [0.4, 0.5) is 5.69 Å². The maximum Gasteiger partial charge on any atom is 0.279 e. The van der Waals surface area contributed by atoms with Crippen molar-refractivity contribution in [3.05, 3.63) is 64.3 Å². The molecule has 1 aromatic heterocycles. The summed E-state index contributed by atoms with van der Waals surface area (Å²) in [5.74, 6) is 0.508. The van der Waals surface area contributed by atoms with E-state index in [4.69, 9.17) is 4.74 Å². The Labute approximate surface area is 172 Å². The normalized spacial score (nSPS) is 12.1. The smallest absolute Gasteiger partial charge is 0.279 e. The molecular formula is C19H19N5O5S. The Balaban J connectivity index is 2.22. The maximum atomic E-state index is 13.2. The molecule has 0 saturated carbocycles. The van der Waals surface area contributed by atoms with Crippen molar-refractivity contribution in [2.75, 3.05) is 21.2 Å². The number of hydrogen-bond acceptors (Lipinski definition) is 7. The zero-order valence-corrected chi connectivity index (χ0v) is 17.3. The fourth-order valence-electron chi connectivity index (χ4n) is 2.81. The molecule has 11 heteroatoms. The lowest BCUT2D eigenvalue weighted by Crippen LogP contribution is -2.11. The molecule has 0 aliphatic carbocycles. The summed E-state index contributed by atoms with van der Waals surface area (Å²) in [5.41, 5.74) is 0.192. The number of rotatable bonds is 7. The number of benzene rings is 2. The van der Waals surface area contributed by atoms with Crippen LogP contribution in [0.1, 0.15) is 5.56 Å². The topological polar surface area (TPSA) is 119 Å². The van der Waals surface area contributed by atoms with Crippen molar-refractivity contribution in [3.63, 3.8) is 0 Å². The quantitative estimate of drug-likeness (QED) is 0.246. The second-order valence-electron chi connectivity index (χ2n) is 6.43. The highest BCUT2D eigenvalue weighted by Gasteiger charge is 2.25. The lowest BCUT2D eigenvalue weighted by Gasteiger charge is -2.08. The van der Waals surface area contributed by atoms with Crippen molar-refractivity contribution < 1.29 is 18.1 Å². The van der Waals surface area contributed by atoms with E-state index in [2.05, 4.69) is 10.2 Å². The Morgan fingerprint density at radius 2 is 1.83 bits per heavy atom. The van der Waals surface area contributed by atoms with Gasteiger partial charge in [0.15, 0.2) is 0 Å². The third kappa shape index (κ3) is 4.01. The lowest BCUT2D eigenvalue weighted by atomic mass is 10.1. The predicted molar refractivity (Wildman–Crippen MR) is 114 cm³/mol. The van der Waals surface area contributed by atoms with Crippen LogP contribution in [0.3, 0.4) is 0 Å². The number of ether oxygens (including phenoxy) is 1. The first-order valence-electron chi connectivity index (χ1n) is 8.66. The molecule has 0 bridgehead atoms. The molecule has 30 heavy (non-hydrogen) atoms. The fraction of sp³-hybridized carbons (Fsp3) is 0.158. The lowest BCUT2D eigenvalue weighted by molar-refractivity contribution is -0.383. The molecule has 3 rings (SSSR count). The molecule has 0 aliphatic heterocycles. The van der Waals surface area contributed by atoms with Crippen LogP contribution in [0.5, 0.6) is 5.75 Å². The number of fused-ring (bicyclic) bond motifs is 1. The van der Waals surface area contributed by atoms with Gasteiger partial charge in [0.2, 0.25) is 0 Å². The van der Waals surface area contributed by atoms with E-state index in [1.54, 1.807) is 19.0 Å². The third-order valence-electron chi connectivity index (χ3n) is 4.16. The van der Waals surface area contributed by atoms with Gasteiger partial charge >= 0.3 is 0 Å². The third-order valence-corrected chi connectivity index (χ3v) is 5.85. The van der Waals surface area contributed by atoms with Crippen molar-refractivity contribution in [1.82, 2.24) is 8.87 Å². The van der Waals surface area contributed by atoms with Gasteiger partial charge in [-0.1, -0.05) is 6.07 Å². The Bertz CT molecular complexity index is 1240. The highest BCUT2D eigenvalue weighted by atomic mass is 32.2. The number of aromatic nitrogens is 1. The Kier molecular flexibility index (Phi) is 5.83. The van der Waals surface area contributed by atoms with Gasteiger partial charge in [0, 0.05) is 31.9 Å². The molecule has 156 valence electrons. The first kappa shape index (κ1) is 21.0. The van der Waals surface area contributed by atoms with E-state index in [0.717, 1.165) is 3.97 Å². The SMILES string of the molecule is COc1ccc(S(=O)(=O)n2cc(C=N/N=C/N(C)C)c3c([N+](=O)[O-])cccc32)cc1. The molecule has 1 heterocycles.